The topological polar surface area (TPSA) is 41.6 Å². The lowest BCUT2D eigenvalue weighted by Gasteiger charge is -2.16. The van der Waals surface area contributed by atoms with E-state index in [9.17, 15) is 0 Å². The van der Waals surface area contributed by atoms with Gasteiger partial charge in [0.1, 0.15) is 0 Å². The van der Waals surface area contributed by atoms with Gasteiger partial charge in [-0.2, -0.15) is 5.10 Å². The molecule has 0 atom stereocenters. The Balaban J connectivity index is 2.80. The van der Waals surface area contributed by atoms with Crippen LogP contribution in [0.3, 0.4) is 0 Å². The van der Waals surface area contributed by atoms with Gasteiger partial charge in [0, 0.05) is 11.6 Å². The molecule has 0 saturated carbocycles. The normalized spacial score (nSPS) is 12.3. The van der Waals surface area contributed by atoms with Crippen molar-refractivity contribution in [2.45, 2.75) is 26.2 Å². The molecular weight excluding hydrogens is 198 g/mol. The second-order valence-electron chi connectivity index (χ2n) is 4.34. The largest absolute Gasteiger partial charge is 0.279 e. The van der Waals surface area contributed by atoms with Crippen LogP contribution in [0.1, 0.15) is 26.5 Å². The highest BCUT2D eigenvalue weighted by molar-refractivity contribution is 6.35. The Kier molecular flexibility index (Phi) is 2.00. The molecule has 2 heterocycles. The van der Waals surface area contributed by atoms with Crippen molar-refractivity contribution >= 4 is 22.6 Å². The molecule has 0 aliphatic carbocycles. The van der Waals surface area contributed by atoms with Gasteiger partial charge in [-0.25, -0.2) is 4.98 Å². The zero-order valence-corrected chi connectivity index (χ0v) is 9.18. The molecule has 0 bridgehead atoms. The molecular formula is C10H12ClN3. The number of fused-ring (bicyclic) bond motifs is 1. The van der Waals surface area contributed by atoms with E-state index < -0.39 is 0 Å². The molecule has 74 valence electrons. The lowest BCUT2D eigenvalue weighted by Crippen LogP contribution is -2.12. The SMILES string of the molecule is CC(C)(C)c1[nH]nc2nccc(Cl)c12. The molecule has 2 rings (SSSR count). The number of aromatic nitrogens is 3. The highest BCUT2D eigenvalue weighted by Gasteiger charge is 2.21. The number of hydrogen-bond acceptors (Lipinski definition) is 2. The molecule has 0 amide bonds. The first-order chi connectivity index (χ1) is 6.50. The molecule has 0 aromatic carbocycles. The molecule has 14 heavy (non-hydrogen) atoms. The molecule has 2 aromatic rings. The summed E-state index contributed by atoms with van der Waals surface area (Å²) in [5, 5.41) is 8.76. The molecule has 0 radical (unpaired) electrons. The van der Waals surface area contributed by atoms with Gasteiger partial charge in [0.2, 0.25) is 0 Å². The molecule has 2 aromatic heterocycles. The van der Waals surface area contributed by atoms with Gasteiger partial charge in [-0.15, -0.1) is 0 Å². The predicted molar refractivity (Wildman–Crippen MR) is 57.6 cm³/mol. The van der Waals surface area contributed by atoms with E-state index in [1.165, 1.54) is 0 Å². The van der Waals surface area contributed by atoms with Gasteiger partial charge in [-0.3, -0.25) is 5.10 Å². The third-order valence-corrected chi connectivity index (χ3v) is 2.47. The van der Waals surface area contributed by atoms with Crippen LogP contribution in [0.4, 0.5) is 0 Å². The standard InChI is InChI=1S/C10H12ClN3/c1-10(2,3)8-7-6(11)4-5-12-9(7)14-13-8/h4-5H,1-3H3,(H,12,13,14). The molecule has 0 aliphatic rings. The van der Waals surface area contributed by atoms with E-state index in [4.69, 9.17) is 11.6 Å². The molecule has 0 aliphatic heterocycles. The number of hydrogen-bond donors (Lipinski definition) is 1. The van der Waals surface area contributed by atoms with E-state index in [-0.39, 0.29) is 5.41 Å². The van der Waals surface area contributed by atoms with Crippen molar-refractivity contribution in [3.05, 3.63) is 23.0 Å². The van der Waals surface area contributed by atoms with Gasteiger partial charge in [-0.05, 0) is 6.07 Å². The van der Waals surface area contributed by atoms with Crippen molar-refractivity contribution < 1.29 is 0 Å². The molecule has 4 heteroatoms. The Labute approximate surface area is 87.5 Å². The first-order valence-electron chi connectivity index (χ1n) is 4.49. The molecule has 3 nitrogen and oxygen atoms in total. The lowest BCUT2D eigenvalue weighted by atomic mass is 9.90. The summed E-state index contributed by atoms with van der Waals surface area (Å²) in [5.74, 6) is 0. The fourth-order valence-electron chi connectivity index (χ4n) is 1.45. The molecule has 0 spiro atoms. The van der Waals surface area contributed by atoms with Gasteiger partial charge in [0.25, 0.3) is 0 Å². The summed E-state index contributed by atoms with van der Waals surface area (Å²) in [6.07, 6.45) is 1.66. The van der Waals surface area contributed by atoms with E-state index >= 15 is 0 Å². The Morgan fingerprint density at radius 3 is 2.71 bits per heavy atom. The van der Waals surface area contributed by atoms with Crippen molar-refractivity contribution in [2.24, 2.45) is 0 Å². The highest BCUT2D eigenvalue weighted by atomic mass is 35.5. The van der Waals surface area contributed by atoms with Gasteiger partial charge in [0.05, 0.1) is 16.1 Å². The summed E-state index contributed by atoms with van der Waals surface area (Å²) in [5.41, 5.74) is 1.72. The Morgan fingerprint density at radius 1 is 1.36 bits per heavy atom. The fraction of sp³-hybridized carbons (Fsp3) is 0.400. The first kappa shape index (κ1) is 9.46. The number of nitrogens with zero attached hydrogens (tertiary/aromatic N) is 2. The van der Waals surface area contributed by atoms with Crippen LogP contribution < -0.4 is 0 Å². The average molecular weight is 210 g/mol. The summed E-state index contributed by atoms with van der Waals surface area (Å²) in [6, 6.07) is 1.79. The maximum atomic E-state index is 6.11. The zero-order valence-electron chi connectivity index (χ0n) is 8.43. The van der Waals surface area contributed by atoms with Gasteiger partial charge < -0.3 is 0 Å². The van der Waals surface area contributed by atoms with Crippen LogP contribution in [-0.2, 0) is 5.41 Å². The molecule has 0 fully saturated rings. The van der Waals surface area contributed by atoms with E-state index in [1.54, 1.807) is 12.3 Å². The zero-order chi connectivity index (χ0) is 10.3. The number of rotatable bonds is 0. The Morgan fingerprint density at radius 2 is 2.07 bits per heavy atom. The van der Waals surface area contributed by atoms with Crippen molar-refractivity contribution in [3.63, 3.8) is 0 Å². The van der Waals surface area contributed by atoms with Crippen LogP contribution in [0, 0.1) is 0 Å². The van der Waals surface area contributed by atoms with Crippen LogP contribution in [0.5, 0.6) is 0 Å². The quantitative estimate of drug-likeness (QED) is 0.725. The van der Waals surface area contributed by atoms with Crippen molar-refractivity contribution in [3.8, 4) is 0 Å². The lowest BCUT2D eigenvalue weighted by molar-refractivity contribution is 0.571. The minimum atomic E-state index is 0.00141. The Hall–Kier alpha value is -1.09. The van der Waals surface area contributed by atoms with Crippen LogP contribution >= 0.6 is 11.6 Å². The summed E-state index contributed by atoms with van der Waals surface area (Å²) >= 11 is 6.11. The second-order valence-corrected chi connectivity index (χ2v) is 4.75. The number of pyridine rings is 1. The average Bonchev–Trinajstić information content (AvgIpc) is 2.47. The first-order valence-corrected chi connectivity index (χ1v) is 4.87. The molecule has 0 saturated heterocycles. The minimum Gasteiger partial charge on any atom is -0.279 e. The minimum absolute atomic E-state index is 0.00141. The Bertz CT molecular complexity index is 468. The third kappa shape index (κ3) is 1.38. The molecule has 0 unspecified atom stereocenters. The van der Waals surface area contributed by atoms with Crippen molar-refractivity contribution in [2.75, 3.05) is 0 Å². The van der Waals surface area contributed by atoms with Crippen LogP contribution in [0.25, 0.3) is 11.0 Å². The van der Waals surface area contributed by atoms with Crippen LogP contribution in [-0.4, -0.2) is 15.2 Å². The van der Waals surface area contributed by atoms with Gasteiger partial charge >= 0.3 is 0 Å². The highest BCUT2D eigenvalue weighted by Crippen LogP contribution is 2.31. The number of H-pyrrole nitrogens is 1. The summed E-state index contributed by atoms with van der Waals surface area (Å²) < 4.78 is 0. The molecule has 1 N–H and O–H groups in total. The number of nitrogens with one attached hydrogen (secondary N) is 1. The van der Waals surface area contributed by atoms with Gasteiger partial charge in [0.15, 0.2) is 5.65 Å². The van der Waals surface area contributed by atoms with E-state index in [2.05, 4.69) is 36.0 Å². The van der Waals surface area contributed by atoms with E-state index in [1.807, 2.05) is 0 Å². The van der Waals surface area contributed by atoms with Crippen molar-refractivity contribution in [1.29, 1.82) is 0 Å². The fourth-order valence-corrected chi connectivity index (χ4v) is 1.69. The third-order valence-electron chi connectivity index (χ3n) is 2.15. The van der Waals surface area contributed by atoms with E-state index in [0.717, 1.165) is 11.1 Å². The summed E-state index contributed by atoms with van der Waals surface area (Å²) in [6.45, 7) is 6.34. The smallest absolute Gasteiger partial charge is 0.182 e. The van der Waals surface area contributed by atoms with Crippen LogP contribution in [0.15, 0.2) is 12.3 Å². The van der Waals surface area contributed by atoms with E-state index in [0.29, 0.717) is 10.7 Å². The number of halogens is 1. The van der Waals surface area contributed by atoms with Crippen LogP contribution in [0.2, 0.25) is 5.02 Å². The maximum absolute atomic E-state index is 6.11. The van der Waals surface area contributed by atoms with Gasteiger partial charge in [-0.1, -0.05) is 32.4 Å². The summed E-state index contributed by atoms with van der Waals surface area (Å²) in [4.78, 5) is 4.15. The maximum Gasteiger partial charge on any atom is 0.182 e. The van der Waals surface area contributed by atoms with Crippen molar-refractivity contribution in [1.82, 2.24) is 15.2 Å². The second kappa shape index (κ2) is 2.95. The number of aromatic amines is 1. The monoisotopic (exact) mass is 209 g/mol. The summed E-state index contributed by atoms with van der Waals surface area (Å²) in [7, 11) is 0. The predicted octanol–water partition coefficient (Wildman–Crippen LogP) is 2.91.